The van der Waals surface area contributed by atoms with Crippen molar-refractivity contribution in [1.82, 2.24) is 0 Å². The fourth-order valence-electron chi connectivity index (χ4n) is 2.71. The van der Waals surface area contributed by atoms with Crippen molar-refractivity contribution < 1.29 is 27.5 Å². The summed E-state index contributed by atoms with van der Waals surface area (Å²) in [6, 6.07) is 5.41. The maximum Gasteiger partial charge on any atom is 0.249 e. The third-order valence-electron chi connectivity index (χ3n) is 4.46. The fraction of sp³-hybridized carbons (Fsp3) is 0.294. The van der Waals surface area contributed by atoms with Crippen molar-refractivity contribution in [2.24, 2.45) is 5.73 Å². The van der Waals surface area contributed by atoms with Gasteiger partial charge in [0.15, 0.2) is 5.78 Å². The van der Waals surface area contributed by atoms with Gasteiger partial charge >= 0.3 is 0 Å². The molecule has 0 radical (unpaired) electrons. The third-order valence-corrected chi connectivity index (χ3v) is 7.84. The molecule has 6 nitrogen and oxygen atoms in total. The first-order chi connectivity index (χ1) is 12.1. The van der Waals surface area contributed by atoms with Crippen LogP contribution in [-0.4, -0.2) is 30.8 Å². The molecular weight excluding hydrogens is 381 g/mol. The van der Waals surface area contributed by atoms with E-state index in [0.29, 0.717) is 12.8 Å². The summed E-state index contributed by atoms with van der Waals surface area (Å²) in [7, 11) is -3.98. The van der Waals surface area contributed by atoms with Crippen LogP contribution in [0.5, 0.6) is 0 Å². The topological polar surface area (TPSA) is 115 Å². The number of thiophene rings is 1. The summed E-state index contributed by atoms with van der Waals surface area (Å²) in [6.45, 7) is 0. The Kier molecular flexibility index (Phi) is 4.72. The van der Waals surface area contributed by atoms with Crippen molar-refractivity contribution in [1.29, 1.82) is 0 Å². The normalized spacial score (nSPS) is 16.1. The van der Waals surface area contributed by atoms with E-state index in [1.54, 1.807) is 0 Å². The van der Waals surface area contributed by atoms with Gasteiger partial charge in [-0.2, -0.15) is 0 Å². The molecular formula is C17H16FNO5S2. The highest BCUT2D eigenvalue weighted by Crippen LogP contribution is 2.36. The lowest BCUT2D eigenvalue weighted by Gasteiger charge is -2.34. The minimum atomic E-state index is -3.98. The van der Waals surface area contributed by atoms with Gasteiger partial charge in [0.05, 0.1) is 10.5 Å². The number of primary amides is 1. The van der Waals surface area contributed by atoms with Crippen molar-refractivity contribution in [3.05, 3.63) is 46.6 Å². The van der Waals surface area contributed by atoms with Crippen LogP contribution in [0.25, 0.3) is 0 Å². The van der Waals surface area contributed by atoms with Crippen molar-refractivity contribution >= 4 is 32.9 Å². The largest absolute Gasteiger partial charge is 0.382 e. The van der Waals surface area contributed by atoms with Gasteiger partial charge in [-0.15, -0.1) is 11.3 Å². The van der Waals surface area contributed by atoms with E-state index in [9.17, 15) is 27.5 Å². The number of hydrogen-bond acceptors (Lipinski definition) is 6. The molecule has 0 atom stereocenters. The average Bonchev–Trinajstić information content (AvgIpc) is 2.97. The fourth-order valence-corrected chi connectivity index (χ4v) is 5.63. The van der Waals surface area contributed by atoms with Gasteiger partial charge in [-0.25, -0.2) is 12.8 Å². The Bertz CT molecular complexity index is 975. The number of ketones is 1. The molecule has 1 aromatic heterocycles. The molecule has 0 unspecified atom stereocenters. The van der Waals surface area contributed by atoms with Crippen LogP contribution in [0.3, 0.4) is 0 Å². The molecule has 1 amide bonds. The Balaban J connectivity index is 1.97. The second-order valence-electron chi connectivity index (χ2n) is 6.21. The number of Topliss-reactive ketones (excluding diaryl/α,β-unsaturated/α-hetero) is 1. The van der Waals surface area contributed by atoms with Crippen LogP contribution in [0.4, 0.5) is 4.39 Å². The quantitative estimate of drug-likeness (QED) is 0.722. The highest BCUT2D eigenvalue weighted by molar-refractivity contribution is 7.93. The van der Waals surface area contributed by atoms with Crippen molar-refractivity contribution in [3.8, 4) is 0 Å². The summed E-state index contributed by atoms with van der Waals surface area (Å²) >= 11 is 0.758. The van der Waals surface area contributed by atoms with Crippen LogP contribution >= 0.6 is 11.3 Å². The lowest BCUT2D eigenvalue weighted by atomic mass is 9.76. The van der Waals surface area contributed by atoms with Crippen LogP contribution in [-0.2, 0) is 21.1 Å². The highest BCUT2D eigenvalue weighted by atomic mass is 32.2. The number of nitrogens with two attached hydrogens (primary N) is 1. The molecule has 0 aliphatic heterocycles. The van der Waals surface area contributed by atoms with Gasteiger partial charge in [-0.05, 0) is 49.6 Å². The van der Waals surface area contributed by atoms with Gasteiger partial charge in [-0.1, -0.05) is 0 Å². The first-order valence-electron chi connectivity index (χ1n) is 7.82. The van der Waals surface area contributed by atoms with E-state index < -0.39 is 32.9 Å². The molecule has 1 aromatic carbocycles. The molecule has 1 fully saturated rings. The second-order valence-corrected chi connectivity index (χ2v) is 9.52. The molecule has 9 heteroatoms. The zero-order valence-electron chi connectivity index (χ0n) is 13.6. The molecule has 3 rings (SSSR count). The molecule has 26 heavy (non-hydrogen) atoms. The Morgan fingerprint density at radius 2 is 1.85 bits per heavy atom. The lowest BCUT2D eigenvalue weighted by Crippen LogP contribution is -2.46. The van der Waals surface area contributed by atoms with Crippen molar-refractivity contribution in [2.45, 2.75) is 40.4 Å². The molecule has 1 saturated carbocycles. The number of carbonyl (C=O) groups excluding carboxylic acids is 2. The summed E-state index contributed by atoms with van der Waals surface area (Å²) in [5.74, 6) is -1.89. The van der Waals surface area contributed by atoms with Gasteiger partial charge in [-0.3, -0.25) is 9.59 Å². The summed E-state index contributed by atoms with van der Waals surface area (Å²) in [6.07, 6.45) is 1.17. The molecule has 1 heterocycles. The van der Waals surface area contributed by atoms with Crippen molar-refractivity contribution in [3.63, 3.8) is 0 Å². The molecule has 3 N–H and O–H groups in total. The molecule has 2 aromatic rings. The summed E-state index contributed by atoms with van der Waals surface area (Å²) in [4.78, 5) is 24.0. The van der Waals surface area contributed by atoms with E-state index in [-0.39, 0.29) is 26.0 Å². The SMILES string of the molecule is NC(=O)c1cc(S(=O)(=O)c2ccc(F)cc2)sc1CC(=O)C1(O)CCC1. The number of carbonyl (C=O) groups is 2. The van der Waals surface area contributed by atoms with E-state index >= 15 is 0 Å². The van der Waals surface area contributed by atoms with E-state index in [1.165, 1.54) is 0 Å². The van der Waals surface area contributed by atoms with Gasteiger partial charge < -0.3 is 10.8 Å². The Hall–Kier alpha value is -2.10. The van der Waals surface area contributed by atoms with Gasteiger partial charge in [0, 0.05) is 11.3 Å². The minimum Gasteiger partial charge on any atom is -0.382 e. The predicted molar refractivity (Wildman–Crippen MR) is 92.2 cm³/mol. The maximum absolute atomic E-state index is 13.0. The van der Waals surface area contributed by atoms with E-state index in [1.807, 2.05) is 0 Å². The summed E-state index contributed by atoms with van der Waals surface area (Å²) < 4.78 is 38.2. The number of rotatable bonds is 6. The van der Waals surface area contributed by atoms with E-state index in [4.69, 9.17) is 5.73 Å². The maximum atomic E-state index is 13.0. The Labute approximate surface area is 153 Å². The Morgan fingerprint density at radius 1 is 1.23 bits per heavy atom. The Morgan fingerprint density at radius 3 is 2.35 bits per heavy atom. The van der Waals surface area contributed by atoms with Crippen molar-refractivity contribution in [2.75, 3.05) is 0 Å². The van der Waals surface area contributed by atoms with Crippen LogP contribution in [0.15, 0.2) is 39.4 Å². The zero-order valence-corrected chi connectivity index (χ0v) is 15.2. The molecule has 1 aliphatic carbocycles. The molecule has 0 bridgehead atoms. The van der Waals surface area contributed by atoms with Gasteiger partial charge in [0.1, 0.15) is 15.6 Å². The first-order valence-corrected chi connectivity index (χ1v) is 10.1. The van der Waals surface area contributed by atoms with Crippen LogP contribution in [0, 0.1) is 5.82 Å². The molecule has 0 saturated heterocycles. The number of benzene rings is 1. The van der Waals surface area contributed by atoms with Crippen LogP contribution < -0.4 is 5.73 Å². The first kappa shape index (κ1) is 18.7. The number of hydrogen-bond donors (Lipinski definition) is 2. The standard InChI is InChI=1S/C17H16FNO5S2/c18-10-2-4-11(5-3-10)26(23,24)15-8-12(16(19)21)13(25-15)9-14(20)17(22)6-1-7-17/h2-5,8,22H,1,6-7,9H2,(H2,19,21). The lowest BCUT2D eigenvalue weighted by molar-refractivity contribution is -0.145. The van der Waals surface area contributed by atoms with Crippen LogP contribution in [0.2, 0.25) is 0 Å². The summed E-state index contributed by atoms with van der Waals surface area (Å²) in [5.41, 5.74) is 3.84. The molecule has 138 valence electrons. The molecule has 0 spiro atoms. The predicted octanol–water partition coefficient (Wildman–Crippen LogP) is 1.85. The minimum absolute atomic E-state index is 0.0630. The van der Waals surface area contributed by atoms with Gasteiger partial charge in [0.25, 0.3) is 0 Å². The van der Waals surface area contributed by atoms with Crippen LogP contribution in [0.1, 0.15) is 34.5 Å². The second kappa shape index (κ2) is 6.57. The van der Waals surface area contributed by atoms with E-state index in [2.05, 4.69) is 0 Å². The number of halogens is 1. The number of aliphatic hydroxyl groups is 1. The summed E-state index contributed by atoms with van der Waals surface area (Å²) in [5, 5.41) is 10.1. The number of sulfone groups is 1. The van der Waals surface area contributed by atoms with Gasteiger partial charge in [0.2, 0.25) is 15.7 Å². The molecule has 1 aliphatic rings. The third kappa shape index (κ3) is 3.29. The monoisotopic (exact) mass is 397 g/mol. The zero-order chi connectivity index (χ0) is 19.1. The number of amides is 1. The smallest absolute Gasteiger partial charge is 0.249 e. The highest BCUT2D eigenvalue weighted by Gasteiger charge is 2.42. The average molecular weight is 397 g/mol. The van der Waals surface area contributed by atoms with E-state index in [0.717, 1.165) is 48.1 Å².